The molecule has 0 spiro atoms. The molecule has 0 aliphatic heterocycles. The molecule has 0 aliphatic rings. The van der Waals surface area contributed by atoms with Gasteiger partial charge in [-0.1, -0.05) is 0 Å². The highest BCUT2D eigenvalue weighted by molar-refractivity contribution is 14.0. The molecule has 0 saturated carbocycles. The minimum Gasteiger partial charge on any atom is -0.357 e. The molecule has 0 bridgehead atoms. The fourth-order valence-electron chi connectivity index (χ4n) is 1.67. The Morgan fingerprint density at radius 2 is 2.18 bits per heavy atom. The van der Waals surface area contributed by atoms with Crippen LogP contribution in [0.3, 0.4) is 0 Å². The van der Waals surface area contributed by atoms with Gasteiger partial charge in [0.05, 0.1) is 18.8 Å². The van der Waals surface area contributed by atoms with E-state index < -0.39 is 0 Å². The van der Waals surface area contributed by atoms with Crippen LogP contribution in [0.15, 0.2) is 29.5 Å². The number of hydrogen-bond acceptors (Lipinski definition) is 4. The molecule has 0 amide bonds. The van der Waals surface area contributed by atoms with Gasteiger partial charge < -0.3 is 10.6 Å². The Labute approximate surface area is 150 Å². The molecule has 2 aromatic rings. The smallest absolute Gasteiger partial charge is 0.191 e. The number of pyridine rings is 1. The lowest BCUT2D eigenvalue weighted by atomic mass is 10.3. The van der Waals surface area contributed by atoms with Gasteiger partial charge in [0.15, 0.2) is 5.96 Å². The van der Waals surface area contributed by atoms with E-state index >= 15 is 0 Å². The zero-order valence-electron chi connectivity index (χ0n) is 12.5. The SMILES string of the molecule is CCNC(=NCc1ncccc1F)NCc1ncc(C)s1.I. The van der Waals surface area contributed by atoms with Gasteiger partial charge in [0, 0.05) is 23.8 Å². The van der Waals surface area contributed by atoms with Gasteiger partial charge in [-0.25, -0.2) is 14.4 Å². The first-order chi connectivity index (χ1) is 10.2. The third-order valence-electron chi connectivity index (χ3n) is 2.64. The maximum absolute atomic E-state index is 13.5. The first-order valence-corrected chi connectivity index (χ1v) is 7.53. The number of hydrogen-bond donors (Lipinski definition) is 2. The lowest BCUT2D eigenvalue weighted by Crippen LogP contribution is -2.36. The third kappa shape index (κ3) is 5.84. The van der Waals surface area contributed by atoms with Crippen molar-refractivity contribution in [2.45, 2.75) is 26.9 Å². The molecule has 0 aliphatic carbocycles. The summed E-state index contributed by atoms with van der Waals surface area (Å²) in [5, 5.41) is 7.28. The number of aryl methyl sites for hydroxylation is 1. The molecule has 0 unspecified atom stereocenters. The third-order valence-corrected chi connectivity index (χ3v) is 3.55. The number of halogens is 2. The summed E-state index contributed by atoms with van der Waals surface area (Å²) >= 11 is 1.64. The average molecular weight is 435 g/mol. The van der Waals surface area contributed by atoms with Gasteiger partial charge in [-0.2, -0.15) is 0 Å². The predicted molar refractivity (Wildman–Crippen MR) is 98.1 cm³/mol. The van der Waals surface area contributed by atoms with Crippen molar-refractivity contribution in [1.82, 2.24) is 20.6 Å². The van der Waals surface area contributed by atoms with Crippen molar-refractivity contribution < 1.29 is 4.39 Å². The van der Waals surface area contributed by atoms with Crippen molar-refractivity contribution in [1.29, 1.82) is 0 Å². The molecule has 120 valence electrons. The van der Waals surface area contributed by atoms with E-state index in [-0.39, 0.29) is 36.3 Å². The average Bonchev–Trinajstić information content (AvgIpc) is 2.89. The van der Waals surface area contributed by atoms with E-state index in [4.69, 9.17) is 0 Å². The molecule has 0 radical (unpaired) electrons. The molecule has 0 fully saturated rings. The lowest BCUT2D eigenvalue weighted by molar-refractivity contribution is 0.599. The van der Waals surface area contributed by atoms with Gasteiger partial charge in [0.1, 0.15) is 10.8 Å². The predicted octanol–water partition coefficient (Wildman–Crippen LogP) is 2.86. The second-order valence-electron chi connectivity index (χ2n) is 4.35. The van der Waals surface area contributed by atoms with Crippen molar-refractivity contribution in [3.05, 3.63) is 45.9 Å². The van der Waals surface area contributed by atoms with Gasteiger partial charge in [0.2, 0.25) is 0 Å². The first-order valence-electron chi connectivity index (χ1n) is 6.72. The standard InChI is InChI=1S/C14H18FN5S.HI/c1-3-16-14(20-9-13-18-7-10(2)21-13)19-8-12-11(15)5-4-6-17-12;/h4-7H,3,8-9H2,1-2H3,(H2,16,19,20);1H. The second-order valence-corrected chi connectivity index (χ2v) is 5.66. The first kappa shape index (κ1) is 18.8. The Balaban J connectivity index is 0.00000242. The van der Waals surface area contributed by atoms with E-state index in [1.54, 1.807) is 23.6 Å². The highest BCUT2D eigenvalue weighted by Crippen LogP contribution is 2.10. The van der Waals surface area contributed by atoms with Crippen LogP contribution in [-0.2, 0) is 13.1 Å². The second kappa shape index (κ2) is 9.67. The Morgan fingerprint density at radius 3 is 2.82 bits per heavy atom. The minimum atomic E-state index is -0.340. The monoisotopic (exact) mass is 435 g/mol. The molecular weight excluding hydrogens is 416 g/mol. The fraction of sp³-hybridized carbons (Fsp3) is 0.357. The van der Waals surface area contributed by atoms with Crippen molar-refractivity contribution >= 4 is 41.3 Å². The van der Waals surface area contributed by atoms with Crippen LogP contribution in [0.2, 0.25) is 0 Å². The quantitative estimate of drug-likeness (QED) is 0.431. The molecule has 8 heteroatoms. The van der Waals surface area contributed by atoms with Gasteiger partial charge in [-0.05, 0) is 26.0 Å². The Bertz CT molecular complexity index is 617. The molecule has 2 N–H and O–H groups in total. The van der Waals surface area contributed by atoms with E-state index in [0.29, 0.717) is 18.2 Å². The van der Waals surface area contributed by atoms with Crippen LogP contribution in [-0.4, -0.2) is 22.5 Å². The zero-order chi connectivity index (χ0) is 15.1. The highest BCUT2D eigenvalue weighted by Gasteiger charge is 2.04. The zero-order valence-corrected chi connectivity index (χ0v) is 15.6. The van der Waals surface area contributed by atoms with Crippen molar-refractivity contribution in [3.63, 3.8) is 0 Å². The summed E-state index contributed by atoms with van der Waals surface area (Å²) in [6.07, 6.45) is 3.40. The largest absolute Gasteiger partial charge is 0.357 e. The summed E-state index contributed by atoms with van der Waals surface area (Å²) in [6.45, 7) is 5.51. The van der Waals surface area contributed by atoms with Crippen LogP contribution >= 0.6 is 35.3 Å². The minimum absolute atomic E-state index is 0. The molecule has 0 saturated heterocycles. The summed E-state index contributed by atoms with van der Waals surface area (Å²) < 4.78 is 13.5. The van der Waals surface area contributed by atoms with Gasteiger partial charge in [-0.15, -0.1) is 35.3 Å². The Kier molecular flexibility index (Phi) is 8.25. The van der Waals surface area contributed by atoms with Crippen LogP contribution in [0.4, 0.5) is 4.39 Å². The van der Waals surface area contributed by atoms with E-state index in [1.807, 2.05) is 20.0 Å². The molecule has 5 nitrogen and oxygen atoms in total. The normalized spacial score (nSPS) is 11.0. The van der Waals surface area contributed by atoms with Gasteiger partial charge in [0.25, 0.3) is 0 Å². The summed E-state index contributed by atoms with van der Waals surface area (Å²) in [4.78, 5) is 13.8. The van der Waals surface area contributed by atoms with Crippen LogP contribution in [0.25, 0.3) is 0 Å². The van der Waals surface area contributed by atoms with Crippen molar-refractivity contribution in [2.24, 2.45) is 4.99 Å². The van der Waals surface area contributed by atoms with Crippen LogP contribution < -0.4 is 10.6 Å². The molecule has 0 aromatic carbocycles. The number of nitrogens with one attached hydrogen (secondary N) is 2. The fourth-order valence-corrected chi connectivity index (χ4v) is 2.40. The van der Waals surface area contributed by atoms with Gasteiger partial charge in [-0.3, -0.25) is 4.98 Å². The number of aromatic nitrogens is 2. The molecular formula is C14H19FIN5S. The van der Waals surface area contributed by atoms with Crippen LogP contribution in [0.1, 0.15) is 22.5 Å². The molecule has 2 aromatic heterocycles. The van der Waals surface area contributed by atoms with E-state index in [2.05, 4.69) is 25.6 Å². The number of thiazole rings is 1. The van der Waals surface area contributed by atoms with E-state index in [9.17, 15) is 4.39 Å². The van der Waals surface area contributed by atoms with Gasteiger partial charge >= 0.3 is 0 Å². The maximum Gasteiger partial charge on any atom is 0.191 e. The van der Waals surface area contributed by atoms with Crippen LogP contribution in [0, 0.1) is 12.7 Å². The Hall–Kier alpha value is -1.29. The number of rotatable bonds is 5. The van der Waals surface area contributed by atoms with Crippen molar-refractivity contribution in [3.8, 4) is 0 Å². The van der Waals surface area contributed by atoms with Crippen LogP contribution in [0.5, 0.6) is 0 Å². The molecule has 2 rings (SSSR count). The number of aliphatic imine (C=N–C) groups is 1. The van der Waals surface area contributed by atoms with E-state index in [1.165, 1.54) is 10.9 Å². The summed E-state index contributed by atoms with van der Waals surface area (Å²) in [5.41, 5.74) is 0.333. The van der Waals surface area contributed by atoms with Crippen molar-refractivity contribution in [2.75, 3.05) is 6.54 Å². The molecule has 22 heavy (non-hydrogen) atoms. The summed E-state index contributed by atoms with van der Waals surface area (Å²) in [5.74, 6) is 0.281. The number of nitrogens with zero attached hydrogens (tertiary/aromatic N) is 3. The molecule has 0 atom stereocenters. The lowest BCUT2D eigenvalue weighted by Gasteiger charge is -2.10. The maximum atomic E-state index is 13.5. The topological polar surface area (TPSA) is 62.2 Å². The Morgan fingerprint density at radius 1 is 1.36 bits per heavy atom. The molecule has 2 heterocycles. The highest BCUT2D eigenvalue weighted by atomic mass is 127. The number of guanidine groups is 1. The summed E-state index contributed by atoms with van der Waals surface area (Å²) in [6, 6.07) is 2.95. The summed E-state index contributed by atoms with van der Waals surface area (Å²) in [7, 11) is 0. The van der Waals surface area contributed by atoms with E-state index in [0.717, 1.165) is 11.6 Å².